The first-order valence-corrected chi connectivity index (χ1v) is 15.4. The molecule has 212 valence electrons. The smallest absolute Gasteiger partial charge is 0.223 e. The molecule has 0 saturated carbocycles. The Morgan fingerprint density at radius 1 is 0.878 bits per heavy atom. The molecule has 9 heteroatoms. The van der Waals surface area contributed by atoms with Gasteiger partial charge in [0.05, 0.1) is 5.02 Å². The van der Waals surface area contributed by atoms with Gasteiger partial charge in [0.1, 0.15) is 0 Å². The van der Waals surface area contributed by atoms with E-state index in [4.69, 9.17) is 11.6 Å². The number of amides is 2. The first kappa shape index (κ1) is 28.9. The van der Waals surface area contributed by atoms with Gasteiger partial charge in [-0.2, -0.15) is 0 Å². The zero-order valence-electron chi connectivity index (χ0n) is 23.2. The number of carbonyl (C=O) groups is 2. The molecule has 0 bridgehead atoms. The highest BCUT2D eigenvalue weighted by Crippen LogP contribution is 2.32. The van der Waals surface area contributed by atoms with E-state index in [2.05, 4.69) is 22.3 Å². The summed E-state index contributed by atoms with van der Waals surface area (Å²) < 4.78 is 2.02. The molecule has 7 nitrogen and oxygen atoms in total. The number of piperazine rings is 1. The number of para-hydroxylation sites is 1. The molecule has 1 aliphatic rings. The van der Waals surface area contributed by atoms with Crippen LogP contribution in [0.2, 0.25) is 5.02 Å². The van der Waals surface area contributed by atoms with Crippen LogP contribution in [0.25, 0.3) is 17.1 Å². The fourth-order valence-corrected chi connectivity index (χ4v) is 6.24. The van der Waals surface area contributed by atoms with Crippen molar-refractivity contribution in [3.63, 3.8) is 0 Å². The van der Waals surface area contributed by atoms with Gasteiger partial charge in [-0.3, -0.25) is 14.2 Å². The van der Waals surface area contributed by atoms with Gasteiger partial charge in [-0.15, -0.1) is 10.2 Å². The molecule has 1 fully saturated rings. The zero-order chi connectivity index (χ0) is 28.6. The third-order valence-corrected chi connectivity index (χ3v) is 8.64. The van der Waals surface area contributed by atoms with Gasteiger partial charge in [0.15, 0.2) is 11.0 Å². The molecule has 1 unspecified atom stereocenters. The summed E-state index contributed by atoms with van der Waals surface area (Å²) in [6.07, 6.45) is 2.40. The van der Waals surface area contributed by atoms with E-state index < -0.39 is 0 Å². The highest BCUT2D eigenvalue weighted by molar-refractivity contribution is 7.99. The summed E-state index contributed by atoms with van der Waals surface area (Å²) in [5, 5.41) is 10.3. The van der Waals surface area contributed by atoms with Crippen molar-refractivity contribution in [3.05, 3.63) is 95.5 Å². The van der Waals surface area contributed by atoms with E-state index in [0.717, 1.165) is 35.0 Å². The average molecular weight is 588 g/mol. The molecule has 1 aromatic heterocycles. The number of carbonyl (C=O) groups excluding carboxylic acids is 2. The quantitative estimate of drug-likeness (QED) is 0.164. The molecule has 1 saturated heterocycles. The van der Waals surface area contributed by atoms with Gasteiger partial charge in [0.2, 0.25) is 11.8 Å². The van der Waals surface area contributed by atoms with Crippen LogP contribution in [0, 0.1) is 0 Å². The normalized spacial score (nSPS) is 15.2. The van der Waals surface area contributed by atoms with E-state index in [1.807, 2.05) is 94.1 Å². The van der Waals surface area contributed by atoms with Crippen molar-refractivity contribution in [1.82, 2.24) is 24.6 Å². The lowest BCUT2D eigenvalue weighted by Crippen LogP contribution is -2.55. The minimum Gasteiger partial charge on any atom is -0.339 e. The van der Waals surface area contributed by atoms with Crippen LogP contribution in [0.15, 0.2) is 90.1 Å². The Morgan fingerprint density at radius 3 is 2.32 bits per heavy atom. The number of halogens is 1. The third kappa shape index (κ3) is 7.18. The lowest BCUT2D eigenvalue weighted by atomic mass is 10.1. The highest BCUT2D eigenvalue weighted by Gasteiger charge is 2.29. The summed E-state index contributed by atoms with van der Waals surface area (Å²) >= 11 is 8.07. The maximum absolute atomic E-state index is 13.0. The second-order valence-electron chi connectivity index (χ2n) is 10.2. The van der Waals surface area contributed by atoms with Gasteiger partial charge in [-0.25, -0.2) is 0 Å². The summed E-state index contributed by atoms with van der Waals surface area (Å²) in [5.41, 5.74) is 2.94. The first-order valence-electron chi connectivity index (χ1n) is 14.0. The van der Waals surface area contributed by atoms with Crippen LogP contribution in [-0.4, -0.2) is 67.8 Å². The molecule has 2 amide bonds. The zero-order valence-corrected chi connectivity index (χ0v) is 24.7. The Morgan fingerprint density at radius 2 is 1.59 bits per heavy atom. The van der Waals surface area contributed by atoms with Gasteiger partial charge in [0, 0.05) is 55.5 Å². The van der Waals surface area contributed by atoms with E-state index in [1.54, 1.807) is 11.8 Å². The van der Waals surface area contributed by atoms with E-state index in [9.17, 15) is 9.59 Å². The molecule has 0 radical (unpaired) electrons. The second-order valence-corrected chi connectivity index (χ2v) is 11.6. The SMILES string of the molecule is CC1CN(C(=O)CCCSc2nnc(-c3ccccc3Cl)n2-c2ccccc2)CCN1C(=O)CCc1ccccc1. The molecule has 1 aliphatic heterocycles. The number of thioether (sulfide) groups is 1. The standard InChI is InChI=1S/C32H34ClN5O2S/c1-24-23-36(20-21-37(24)30(40)19-18-25-11-4-2-5-12-25)29(39)17-10-22-41-32-35-34-31(27-15-8-9-16-28(27)33)38(32)26-13-6-3-7-14-26/h2-9,11-16,24H,10,17-23H2,1H3. The van der Waals surface area contributed by atoms with Crippen LogP contribution in [-0.2, 0) is 16.0 Å². The molecule has 3 aromatic carbocycles. The lowest BCUT2D eigenvalue weighted by molar-refractivity contribution is -0.142. The van der Waals surface area contributed by atoms with Crippen LogP contribution in [0.4, 0.5) is 0 Å². The fraction of sp³-hybridized carbons (Fsp3) is 0.312. The number of aromatic nitrogens is 3. The molecular weight excluding hydrogens is 554 g/mol. The van der Waals surface area contributed by atoms with Crippen molar-refractivity contribution in [2.75, 3.05) is 25.4 Å². The summed E-state index contributed by atoms with van der Waals surface area (Å²) in [5.74, 6) is 1.71. The molecule has 0 aliphatic carbocycles. The monoisotopic (exact) mass is 587 g/mol. The summed E-state index contributed by atoms with van der Waals surface area (Å²) in [4.78, 5) is 29.7. The van der Waals surface area contributed by atoms with Gasteiger partial charge in [-0.1, -0.05) is 84.0 Å². The van der Waals surface area contributed by atoms with E-state index in [1.165, 1.54) is 5.56 Å². The molecule has 41 heavy (non-hydrogen) atoms. The minimum atomic E-state index is 0.0120. The predicted molar refractivity (Wildman–Crippen MR) is 164 cm³/mol. The Hall–Kier alpha value is -3.62. The van der Waals surface area contributed by atoms with Gasteiger partial charge < -0.3 is 9.80 Å². The van der Waals surface area contributed by atoms with Crippen molar-refractivity contribution < 1.29 is 9.59 Å². The van der Waals surface area contributed by atoms with Crippen LogP contribution < -0.4 is 0 Å². The second kappa shape index (κ2) is 13.8. The molecule has 5 rings (SSSR count). The molecular formula is C32H34ClN5O2S. The van der Waals surface area contributed by atoms with Crippen LogP contribution >= 0.6 is 23.4 Å². The van der Waals surface area contributed by atoms with Gasteiger partial charge >= 0.3 is 0 Å². The maximum atomic E-state index is 13.0. The third-order valence-electron chi connectivity index (χ3n) is 7.30. The van der Waals surface area contributed by atoms with Crippen molar-refractivity contribution in [3.8, 4) is 17.1 Å². The number of hydrogen-bond acceptors (Lipinski definition) is 5. The number of nitrogens with zero attached hydrogens (tertiary/aromatic N) is 5. The van der Waals surface area contributed by atoms with Crippen molar-refractivity contribution in [1.29, 1.82) is 0 Å². The van der Waals surface area contributed by atoms with E-state index >= 15 is 0 Å². The number of rotatable bonds is 10. The number of hydrogen-bond donors (Lipinski definition) is 0. The molecule has 1 atom stereocenters. The van der Waals surface area contributed by atoms with Gasteiger partial charge in [0.25, 0.3) is 0 Å². The van der Waals surface area contributed by atoms with E-state index in [0.29, 0.717) is 43.3 Å². The Balaban J connectivity index is 1.13. The first-order chi connectivity index (χ1) is 20.0. The maximum Gasteiger partial charge on any atom is 0.223 e. The largest absolute Gasteiger partial charge is 0.339 e. The predicted octanol–water partition coefficient (Wildman–Crippen LogP) is 6.15. The molecule has 0 spiro atoms. The summed E-state index contributed by atoms with van der Waals surface area (Å²) in [6.45, 7) is 3.77. The number of aryl methyl sites for hydroxylation is 1. The minimum absolute atomic E-state index is 0.0120. The number of benzene rings is 3. The van der Waals surface area contributed by atoms with Crippen molar-refractivity contribution in [2.24, 2.45) is 0 Å². The Kier molecular flexibility index (Phi) is 9.75. The van der Waals surface area contributed by atoms with Gasteiger partial charge in [-0.05, 0) is 49.6 Å². The lowest BCUT2D eigenvalue weighted by Gasteiger charge is -2.40. The van der Waals surface area contributed by atoms with Crippen molar-refractivity contribution >= 4 is 35.2 Å². The Bertz CT molecular complexity index is 1460. The molecule has 0 N–H and O–H groups in total. The average Bonchev–Trinajstić information content (AvgIpc) is 3.42. The van der Waals surface area contributed by atoms with Crippen LogP contribution in [0.5, 0.6) is 0 Å². The van der Waals surface area contributed by atoms with Crippen LogP contribution in [0.1, 0.15) is 31.7 Å². The summed E-state index contributed by atoms with van der Waals surface area (Å²) in [7, 11) is 0. The molecule has 4 aromatic rings. The van der Waals surface area contributed by atoms with Crippen molar-refractivity contribution in [2.45, 2.75) is 43.8 Å². The van der Waals surface area contributed by atoms with E-state index in [-0.39, 0.29) is 17.9 Å². The highest BCUT2D eigenvalue weighted by atomic mass is 35.5. The topological polar surface area (TPSA) is 71.3 Å². The Labute approximate surface area is 250 Å². The van der Waals surface area contributed by atoms with Crippen LogP contribution in [0.3, 0.4) is 0 Å². The fourth-order valence-electron chi connectivity index (χ4n) is 5.13. The molecule has 2 heterocycles. The summed E-state index contributed by atoms with van der Waals surface area (Å²) in [6, 6.07) is 27.7.